The van der Waals surface area contributed by atoms with Gasteiger partial charge >= 0.3 is 0 Å². The van der Waals surface area contributed by atoms with Crippen molar-refractivity contribution in [3.63, 3.8) is 0 Å². The Hall–Kier alpha value is -3.67. The van der Waals surface area contributed by atoms with Crippen LogP contribution in [-0.2, 0) is 0 Å². The minimum absolute atomic E-state index is 0.0529. The Bertz CT molecular complexity index is 1020. The molecular formula is C24H23N3O3. The van der Waals surface area contributed by atoms with Gasteiger partial charge in [-0.15, -0.1) is 0 Å². The molecule has 2 amide bonds. The SMILES string of the molecule is O=C(NCCOc1ccccc1)c1ccnc(-c2ccc(C(=O)NC3CC3)cc2)c1. The van der Waals surface area contributed by atoms with Crippen LogP contribution in [0.5, 0.6) is 5.75 Å². The lowest BCUT2D eigenvalue weighted by atomic mass is 10.1. The Morgan fingerprint density at radius 3 is 2.43 bits per heavy atom. The number of hydrogen-bond donors (Lipinski definition) is 2. The Balaban J connectivity index is 1.33. The first-order valence-electron chi connectivity index (χ1n) is 10.0. The number of amides is 2. The molecule has 2 N–H and O–H groups in total. The molecule has 1 fully saturated rings. The number of rotatable bonds is 8. The van der Waals surface area contributed by atoms with E-state index in [1.165, 1.54) is 0 Å². The summed E-state index contributed by atoms with van der Waals surface area (Å²) in [5, 5.41) is 5.82. The van der Waals surface area contributed by atoms with E-state index in [1.807, 2.05) is 42.5 Å². The summed E-state index contributed by atoms with van der Waals surface area (Å²) in [5.74, 6) is 0.533. The third kappa shape index (κ3) is 5.23. The zero-order valence-corrected chi connectivity index (χ0v) is 16.5. The molecule has 1 aliphatic carbocycles. The molecule has 0 saturated heterocycles. The summed E-state index contributed by atoms with van der Waals surface area (Å²) in [6.07, 6.45) is 3.72. The Morgan fingerprint density at radius 1 is 0.933 bits per heavy atom. The van der Waals surface area contributed by atoms with E-state index in [9.17, 15) is 9.59 Å². The van der Waals surface area contributed by atoms with Gasteiger partial charge in [0.1, 0.15) is 12.4 Å². The lowest BCUT2D eigenvalue weighted by Gasteiger charge is -2.09. The van der Waals surface area contributed by atoms with Crippen LogP contribution in [-0.4, -0.2) is 36.0 Å². The molecule has 0 atom stereocenters. The molecule has 0 bridgehead atoms. The molecule has 0 radical (unpaired) electrons. The molecule has 0 spiro atoms. The summed E-state index contributed by atoms with van der Waals surface area (Å²) in [6, 6.07) is 20.5. The molecule has 0 aliphatic heterocycles. The van der Waals surface area contributed by atoms with Gasteiger partial charge in [-0.2, -0.15) is 0 Å². The maximum absolute atomic E-state index is 12.4. The van der Waals surface area contributed by atoms with Gasteiger partial charge < -0.3 is 15.4 Å². The van der Waals surface area contributed by atoms with Crippen molar-refractivity contribution in [2.45, 2.75) is 18.9 Å². The lowest BCUT2D eigenvalue weighted by molar-refractivity contribution is 0.0940. The van der Waals surface area contributed by atoms with E-state index in [-0.39, 0.29) is 11.8 Å². The monoisotopic (exact) mass is 401 g/mol. The second-order valence-electron chi connectivity index (χ2n) is 7.17. The summed E-state index contributed by atoms with van der Waals surface area (Å²) < 4.78 is 5.58. The van der Waals surface area contributed by atoms with Gasteiger partial charge in [0.15, 0.2) is 0 Å². The van der Waals surface area contributed by atoms with Crippen LogP contribution in [0.3, 0.4) is 0 Å². The number of para-hydroxylation sites is 1. The molecule has 1 aliphatic rings. The number of ether oxygens (including phenoxy) is 1. The van der Waals surface area contributed by atoms with Crippen LogP contribution in [0.1, 0.15) is 33.6 Å². The van der Waals surface area contributed by atoms with Gasteiger partial charge in [0.2, 0.25) is 0 Å². The van der Waals surface area contributed by atoms with E-state index < -0.39 is 0 Å². The van der Waals surface area contributed by atoms with Gasteiger partial charge in [-0.3, -0.25) is 14.6 Å². The zero-order chi connectivity index (χ0) is 20.8. The molecule has 152 valence electrons. The molecule has 6 nitrogen and oxygen atoms in total. The quantitative estimate of drug-likeness (QED) is 0.567. The normalized spacial score (nSPS) is 12.8. The number of nitrogens with one attached hydrogen (secondary N) is 2. The third-order valence-corrected chi connectivity index (χ3v) is 4.78. The Kier molecular flexibility index (Phi) is 6.03. The Labute approximate surface area is 175 Å². The van der Waals surface area contributed by atoms with Gasteiger partial charge in [0, 0.05) is 28.9 Å². The van der Waals surface area contributed by atoms with Gasteiger partial charge in [0.25, 0.3) is 11.8 Å². The molecule has 1 heterocycles. The highest BCUT2D eigenvalue weighted by molar-refractivity contribution is 5.96. The van der Waals surface area contributed by atoms with Crippen LogP contribution >= 0.6 is 0 Å². The standard InChI is InChI=1S/C24H23N3O3/c28-23(26-14-15-30-21-4-2-1-3-5-21)19-12-13-25-22(16-19)17-6-8-18(9-7-17)24(29)27-20-10-11-20/h1-9,12-13,16,20H,10-11,14-15H2,(H,26,28)(H,27,29). The first-order valence-corrected chi connectivity index (χ1v) is 10.0. The number of aromatic nitrogens is 1. The van der Waals surface area contributed by atoms with E-state index in [0.717, 1.165) is 24.2 Å². The Morgan fingerprint density at radius 2 is 1.70 bits per heavy atom. The lowest BCUT2D eigenvalue weighted by Crippen LogP contribution is -2.28. The molecule has 0 unspecified atom stereocenters. The number of benzene rings is 2. The van der Waals surface area contributed by atoms with Crippen molar-refractivity contribution in [3.05, 3.63) is 84.1 Å². The van der Waals surface area contributed by atoms with Crippen molar-refractivity contribution in [2.75, 3.05) is 13.2 Å². The van der Waals surface area contributed by atoms with Crippen LogP contribution in [0.25, 0.3) is 11.3 Å². The van der Waals surface area contributed by atoms with Crippen LogP contribution in [0, 0.1) is 0 Å². The average molecular weight is 401 g/mol. The van der Waals surface area contributed by atoms with Crippen molar-refractivity contribution in [3.8, 4) is 17.0 Å². The second-order valence-corrected chi connectivity index (χ2v) is 7.17. The number of pyridine rings is 1. The summed E-state index contributed by atoms with van der Waals surface area (Å²) >= 11 is 0. The highest BCUT2D eigenvalue weighted by Crippen LogP contribution is 2.21. The molecule has 3 aromatic rings. The summed E-state index contributed by atoms with van der Waals surface area (Å²) in [5.41, 5.74) is 2.67. The van der Waals surface area contributed by atoms with E-state index >= 15 is 0 Å². The predicted octanol–water partition coefficient (Wildman–Crippen LogP) is 3.45. The van der Waals surface area contributed by atoms with Crippen molar-refractivity contribution >= 4 is 11.8 Å². The van der Waals surface area contributed by atoms with Gasteiger partial charge in [-0.1, -0.05) is 30.3 Å². The topological polar surface area (TPSA) is 80.3 Å². The maximum atomic E-state index is 12.4. The molecule has 30 heavy (non-hydrogen) atoms. The van der Waals surface area contributed by atoms with Crippen molar-refractivity contribution in [1.29, 1.82) is 0 Å². The van der Waals surface area contributed by atoms with Gasteiger partial charge in [-0.05, 0) is 49.2 Å². The minimum atomic E-state index is -0.184. The van der Waals surface area contributed by atoms with Gasteiger partial charge in [0.05, 0.1) is 12.2 Å². The molecule has 1 aromatic heterocycles. The zero-order valence-electron chi connectivity index (χ0n) is 16.5. The van der Waals surface area contributed by atoms with Crippen LogP contribution < -0.4 is 15.4 Å². The summed E-state index contributed by atoms with van der Waals surface area (Å²) in [7, 11) is 0. The van der Waals surface area contributed by atoms with Crippen molar-refractivity contribution < 1.29 is 14.3 Å². The van der Waals surface area contributed by atoms with E-state index in [0.29, 0.717) is 36.0 Å². The molecule has 4 rings (SSSR count). The number of carbonyl (C=O) groups is 2. The molecular weight excluding hydrogens is 378 g/mol. The fourth-order valence-corrected chi connectivity index (χ4v) is 2.97. The minimum Gasteiger partial charge on any atom is -0.492 e. The van der Waals surface area contributed by atoms with Gasteiger partial charge in [-0.25, -0.2) is 0 Å². The largest absolute Gasteiger partial charge is 0.492 e. The summed E-state index contributed by atoms with van der Waals surface area (Å²) in [4.78, 5) is 28.9. The van der Waals surface area contributed by atoms with E-state index in [1.54, 1.807) is 30.5 Å². The van der Waals surface area contributed by atoms with Crippen LogP contribution in [0.15, 0.2) is 72.9 Å². The maximum Gasteiger partial charge on any atom is 0.251 e. The smallest absolute Gasteiger partial charge is 0.251 e. The first-order chi connectivity index (χ1) is 14.7. The fraction of sp³-hybridized carbons (Fsp3) is 0.208. The molecule has 1 saturated carbocycles. The van der Waals surface area contributed by atoms with Crippen LogP contribution in [0.4, 0.5) is 0 Å². The first kappa shape index (κ1) is 19.6. The molecule has 6 heteroatoms. The average Bonchev–Trinajstić information content (AvgIpc) is 3.61. The number of carbonyl (C=O) groups excluding carboxylic acids is 2. The number of nitrogens with zero attached hydrogens (tertiary/aromatic N) is 1. The summed E-state index contributed by atoms with van der Waals surface area (Å²) in [6.45, 7) is 0.786. The molecule has 2 aromatic carbocycles. The second kappa shape index (κ2) is 9.22. The third-order valence-electron chi connectivity index (χ3n) is 4.78. The predicted molar refractivity (Wildman–Crippen MR) is 114 cm³/mol. The van der Waals surface area contributed by atoms with E-state index in [4.69, 9.17) is 4.74 Å². The van der Waals surface area contributed by atoms with E-state index in [2.05, 4.69) is 15.6 Å². The highest BCUT2D eigenvalue weighted by Gasteiger charge is 2.23. The highest BCUT2D eigenvalue weighted by atomic mass is 16.5. The number of hydrogen-bond acceptors (Lipinski definition) is 4. The van der Waals surface area contributed by atoms with Crippen molar-refractivity contribution in [2.24, 2.45) is 0 Å². The van der Waals surface area contributed by atoms with Crippen LogP contribution in [0.2, 0.25) is 0 Å². The fourth-order valence-electron chi connectivity index (χ4n) is 2.97. The van der Waals surface area contributed by atoms with Crippen molar-refractivity contribution in [1.82, 2.24) is 15.6 Å².